The van der Waals surface area contributed by atoms with Gasteiger partial charge in [-0.1, -0.05) is 18.2 Å². The van der Waals surface area contributed by atoms with Crippen LogP contribution < -0.4 is 5.32 Å². The van der Waals surface area contributed by atoms with Gasteiger partial charge in [0.05, 0.1) is 5.69 Å². The van der Waals surface area contributed by atoms with Crippen molar-refractivity contribution < 1.29 is 4.39 Å². The summed E-state index contributed by atoms with van der Waals surface area (Å²) in [4.78, 5) is 4.23. The molecule has 0 radical (unpaired) electrons. The number of nitrogens with zero attached hydrogens (tertiary/aromatic N) is 1. The zero-order valence-corrected chi connectivity index (χ0v) is 9.73. The number of pyridine rings is 1. The maximum atomic E-state index is 13.1. The van der Waals surface area contributed by atoms with E-state index in [9.17, 15) is 4.39 Å². The number of benzene rings is 1. The Morgan fingerprint density at radius 3 is 2.82 bits per heavy atom. The van der Waals surface area contributed by atoms with Gasteiger partial charge in [0.15, 0.2) is 0 Å². The lowest BCUT2D eigenvalue weighted by atomic mass is 10.1. The first kappa shape index (κ1) is 11.7. The second kappa shape index (κ2) is 5.55. The van der Waals surface area contributed by atoms with Crippen LogP contribution >= 0.6 is 0 Å². The molecule has 88 valence electrons. The van der Waals surface area contributed by atoms with Crippen molar-refractivity contribution in [2.75, 3.05) is 0 Å². The molecule has 1 unspecified atom stereocenters. The van der Waals surface area contributed by atoms with E-state index < -0.39 is 0 Å². The summed E-state index contributed by atoms with van der Waals surface area (Å²) < 4.78 is 13.1. The van der Waals surface area contributed by atoms with Gasteiger partial charge in [0.2, 0.25) is 0 Å². The van der Waals surface area contributed by atoms with Crippen LogP contribution in [0.1, 0.15) is 24.2 Å². The molecule has 1 atom stereocenters. The number of rotatable bonds is 4. The van der Waals surface area contributed by atoms with Gasteiger partial charge in [0.1, 0.15) is 5.82 Å². The minimum atomic E-state index is -0.200. The first-order chi connectivity index (χ1) is 8.25. The van der Waals surface area contributed by atoms with E-state index in [1.54, 1.807) is 18.3 Å². The van der Waals surface area contributed by atoms with Crippen LogP contribution in [0.5, 0.6) is 0 Å². The molecule has 0 amide bonds. The van der Waals surface area contributed by atoms with Crippen molar-refractivity contribution in [3.63, 3.8) is 0 Å². The largest absolute Gasteiger partial charge is 0.305 e. The summed E-state index contributed by atoms with van der Waals surface area (Å²) in [6, 6.07) is 12.6. The lowest BCUT2D eigenvalue weighted by Gasteiger charge is -2.13. The zero-order valence-electron chi connectivity index (χ0n) is 9.73. The number of aromatic nitrogens is 1. The molecule has 17 heavy (non-hydrogen) atoms. The molecule has 2 aromatic rings. The molecule has 0 saturated heterocycles. The van der Waals surface area contributed by atoms with Crippen molar-refractivity contribution in [3.05, 3.63) is 65.7 Å². The molecule has 1 N–H and O–H groups in total. The van der Waals surface area contributed by atoms with Crippen molar-refractivity contribution in [1.82, 2.24) is 10.3 Å². The predicted molar refractivity (Wildman–Crippen MR) is 65.9 cm³/mol. The minimum absolute atomic E-state index is 0.104. The fraction of sp³-hybridized carbons (Fsp3) is 0.214. The van der Waals surface area contributed by atoms with Gasteiger partial charge in [-0.25, -0.2) is 4.39 Å². The van der Waals surface area contributed by atoms with Crippen LogP contribution in [0.3, 0.4) is 0 Å². The highest BCUT2D eigenvalue weighted by Gasteiger charge is 2.05. The van der Waals surface area contributed by atoms with Crippen LogP contribution in [0.25, 0.3) is 0 Å². The highest BCUT2D eigenvalue weighted by Crippen LogP contribution is 2.13. The topological polar surface area (TPSA) is 24.9 Å². The Bertz CT molecular complexity index is 471. The Morgan fingerprint density at radius 1 is 1.24 bits per heavy atom. The Morgan fingerprint density at radius 2 is 2.12 bits per heavy atom. The molecule has 0 spiro atoms. The summed E-state index contributed by atoms with van der Waals surface area (Å²) in [5, 5.41) is 3.31. The van der Waals surface area contributed by atoms with Crippen LogP contribution in [0.2, 0.25) is 0 Å². The summed E-state index contributed by atoms with van der Waals surface area (Å²) >= 11 is 0. The third-order valence-corrected chi connectivity index (χ3v) is 2.66. The maximum Gasteiger partial charge on any atom is 0.123 e. The third-order valence-electron chi connectivity index (χ3n) is 2.66. The predicted octanol–water partition coefficient (Wildman–Crippen LogP) is 3.07. The first-order valence-electron chi connectivity index (χ1n) is 5.64. The van der Waals surface area contributed by atoms with E-state index in [1.165, 1.54) is 6.07 Å². The van der Waals surface area contributed by atoms with Crippen molar-refractivity contribution in [2.24, 2.45) is 0 Å². The van der Waals surface area contributed by atoms with Gasteiger partial charge < -0.3 is 5.32 Å². The van der Waals surface area contributed by atoms with Crippen LogP contribution in [-0.4, -0.2) is 4.98 Å². The molecular formula is C14H15FN2. The zero-order chi connectivity index (χ0) is 12.1. The average molecular weight is 230 g/mol. The molecule has 0 aliphatic carbocycles. The second-order valence-electron chi connectivity index (χ2n) is 3.98. The van der Waals surface area contributed by atoms with E-state index in [2.05, 4.69) is 10.3 Å². The summed E-state index contributed by atoms with van der Waals surface area (Å²) in [6.45, 7) is 2.69. The Kier molecular flexibility index (Phi) is 3.83. The molecule has 2 rings (SSSR count). The second-order valence-corrected chi connectivity index (χ2v) is 3.98. The summed E-state index contributed by atoms with van der Waals surface area (Å²) in [6.07, 6.45) is 1.77. The van der Waals surface area contributed by atoms with Gasteiger partial charge in [-0.05, 0) is 36.8 Å². The molecule has 0 saturated carbocycles. The van der Waals surface area contributed by atoms with Crippen molar-refractivity contribution >= 4 is 0 Å². The van der Waals surface area contributed by atoms with Gasteiger partial charge in [0.25, 0.3) is 0 Å². The fourth-order valence-electron chi connectivity index (χ4n) is 1.65. The van der Waals surface area contributed by atoms with Crippen molar-refractivity contribution in [2.45, 2.75) is 19.5 Å². The van der Waals surface area contributed by atoms with E-state index in [-0.39, 0.29) is 11.9 Å². The van der Waals surface area contributed by atoms with Crippen LogP contribution in [0, 0.1) is 5.82 Å². The molecule has 3 heteroatoms. The SMILES string of the molecule is CC(NCc1ccccn1)c1cccc(F)c1. The van der Waals surface area contributed by atoms with Crippen molar-refractivity contribution in [1.29, 1.82) is 0 Å². The van der Waals surface area contributed by atoms with Gasteiger partial charge in [0, 0.05) is 18.8 Å². The number of halogens is 1. The molecule has 1 aromatic carbocycles. The Hall–Kier alpha value is -1.74. The first-order valence-corrected chi connectivity index (χ1v) is 5.64. The number of hydrogen-bond donors (Lipinski definition) is 1. The lowest BCUT2D eigenvalue weighted by Crippen LogP contribution is -2.18. The standard InChI is InChI=1S/C14H15FN2/c1-11(12-5-4-6-13(15)9-12)17-10-14-7-2-3-8-16-14/h2-9,11,17H,10H2,1H3. The third kappa shape index (κ3) is 3.36. The molecule has 0 aliphatic heterocycles. The molecule has 0 aliphatic rings. The molecule has 1 heterocycles. The highest BCUT2D eigenvalue weighted by atomic mass is 19.1. The number of nitrogens with one attached hydrogen (secondary N) is 1. The van der Waals surface area contributed by atoms with Crippen molar-refractivity contribution in [3.8, 4) is 0 Å². The van der Waals surface area contributed by atoms with Crippen LogP contribution in [-0.2, 0) is 6.54 Å². The molecule has 2 nitrogen and oxygen atoms in total. The highest BCUT2D eigenvalue weighted by molar-refractivity contribution is 5.19. The van der Waals surface area contributed by atoms with E-state index in [1.807, 2.05) is 31.2 Å². The van der Waals surface area contributed by atoms with Gasteiger partial charge in [-0.3, -0.25) is 4.98 Å². The number of hydrogen-bond acceptors (Lipinski definition) is 2. The van der Waals surface area contributed by atoms with Crippen LogP contribution in [0.4, 0.5) is 4.39 Å². The molecule has 0 bridgehead atoms. The van der Waals surface area contributed by atoms with Gasteiger partial charge in [-0.2, -0.15) is 0 Å². The van der Waals surface area contributed by atoms with E-state index in [4.69, 9.17) is 0 Å². The molecule has 0 fully saturated rings. The normalized spacial score (nSPS) is 12.4. The Labute approximate surface area is 101 Å². The minimum Gasteiger partial charge on any atom is -0.305 e. The lowest BCUT2D eigenvalue weighted by molar-refractivity contribution is 0.559. The summed E-state index contributed by atoms with van der Waals surface area (Å²) in [5.74, 6) is -0.200. The maximum absolute atomic E-state index is 13.1. The quantitative estimate of drug-likeness (QED) is 0.873. The molecular weight excluding hydrogens is 215 g/mol. The van der Waals surface area contributed by atoms with E-state index >= 15 is 0 Å². The average Bonchev–Trinajstić information content (AvgIpc) is 2.37. The fourth-order valence-corrected chi connectivity index (χ4v) is 1.65. The summed E-state index contributed by atoms with van der Waals surface area (Å²) in [5.41, 5.74) is 1.93. The molecule has 1 aromatic heterocycles. The Balaban J connectivity index is 1.96. The van der Waals surface area contributed by atoms with Gasteiger partial charge >= 0.3 is 0 Å². The smallest absolute Gasteiger partial charge is 0.123 e. The van der Waals surface area contributed by atoms with E-state index in [0.29, 0.717) is 6.54 Å². The van der Waals surface area contributed by atoms with Crippen LogP contribution in [0.15, 0.2) is 48.7 Å². The monoisotopic (exact) mass is 230 g/mol. The van der Waals surface area contributed by atoms with E-state index in [0.717, 1.165) is 11.3 Å². The summed E-state index contributed by atoms with van der Waals surface area (Å²) in [7, 11) is 0. The van der Waals surface area contributed by atoms with Gasteiger partial charge in [-0.15, -0.1) is 0 Å².